The Balaban J connectivity index is 2.23. The second-order valence-electron chi connectivity index (χ2n) is 5.52. The second kappa shape index (κ2) is 5.76. The first kappa shape index (κ1) is 14.7. The van der Waals surface area contributed by atoms with Gasteiger partial charge in [0.1, 0.15) is 6.10 Å². The van der Waals surface area contributed by atoms with Gasteiger partial charge in [-0.3, -0.25) is 4.79 Å². The van der Waals surface area contributed by atoms with E-state index in [0.717, 1.165) is 12.6 Å². The van der Waals surface area contributed by atoms with Crippen LogP contribution in [0.2, 0.25) is 0 Å². The zero-order valence-corrected chi connectivity index (χ0v) is 13.4. The Morgan fingerprint density at radius 3 is 2.53 bits per heavy atom. The van der Waals surface area contributed by atoms with Crippen LogP contribution in [-0.4, -0.2) is 23.9 Å². The summed E-state index contributed by atoms with van der Waals surface area (Å²) < 4.78 is 5.44. The van der Waals surface area contributed by atoms with Gasteiger partial charge < -0.3 is 4.74 Å². The lowest BCUT2D eigenvalue weighted by Gasteiger charge is -2.41. The highest BCUT2D eigenvalue weighted by Crippen LogP contribution is 2.57. The number of hydrogen-bond donors (Lipinski definition) is 0. The number of rotatable bonds is 2. The van der Waals surface area contributed by atoms with Crippen molar-refractivity contribution in [2.75, 3.05) is 6.16 Å². The van der Waals surface area contributed by atoms with E-state index in [0.29, 0.717) is 11.6 Å². The molecule has 4 heteroatoms. The largest absolute Gasteiger partial charge is 0.462 e. The predicted molar refractivity (Wildman–Crippen MR) is 84.0 cm³/mol. The van der Waals surface area contributed by atoms with E-state index < -0.39 is 6.04 Å². The lowest BCUT2D eigenvalue weighted by molar-refractivity contribution is -0.148. The van der Waals surface area contributed by atoms with Crippen LogP contribution in [0.5, 0.6) is 0 Å². The van der Waals surface area contributed by atoms with Gasteiger partial charge in [0.15, 0.2) is 0 Å². The molecule has 1 aliphatic heterocycles. The summed E-state index contributed by atoms with van der Waals surface area (Å²) in [6, 6.07) is 8.94. The third-order valence-electron chi connectivity index (χ3n) is 3.99. The Bertz CT molecular complexity index is 500. The van der Waals surface area contributed by atoms with E-state index in [2.05, 4.69) is 38.1 Å². The van der Waals surface area contributed by atoms with Crippen molar-refractivity contribution in [3.63, 3.8) is 0 Å². The van der Waals surface area contributed by atoms with Gasteiger partial charge in [-0.2, -0.15) is 0 Å². The first-order chi connectivity index (χ1) is 8.93. The standard InChI is InChI=1S/C15H21O2PS/c1-11-10-18(19,14-7-5-4-6-8-14)12(2)9-15(11)17-13(3)16/h4-8,11-12,15H,9-10H2,1-3H3/t11-,12+,15+,18+/m0/s1. The Morgan fingerprint density at radius 1 is 1.32 bits per heavy atom. The number of benzene rings is 1. The highest BCUT2D eigenvalue weighted by Gasteiger charge is 2.39. The van der Waals surface area contributed by atoms with Gasteiger partial charge >= 0.3 is 5.97 Å². The smallest absolute Gasteiger partial charge is 0.302 e. The molecule has 1 saturated heterocycles. The minimum absolute atomic E-state index is 0.0345. The molecule has 0 spiro atoms. The van der Waals surface area contributed by atoms with E-state index >= 15 is 0 Å². The van der Waals surface area contributed by atoms with Gasteiger partial charge in [0.05, 0.1) is 0 Å². The third-order valence-corrected chi connectivity index (χ3v) is 10.1. The molecule has 1 heterocycles. The summed E-state index contributed by atoms with van der Waals surface area (Å²) in [6.45, 7) is 5.86. The van der Waals surface area contributed by atoms with Crippen molar-refractivity contribution in [1.82, 2.24) is 0 Å². The quantitative estimate of drug-likeness (QED) is 0.619. The SMILES string of the molecule is CC(=O)O[C@@H]1C[C@@H](C)[P@@](=S)(c2ccccc2)C[C@@H]1C. The van der Waals surface area contributed by atoms with Crippen LogP contribution in [0.1, 0.15) is 27.2 Å². The van der Waals surface area contributed by atoms with Crippen LogP contribution in [0.4, 0.5) is 0 Å². The van der Waals surface area contributed by atoms with E-state index in [9.17, 15) is 4.79 Å². The van der Waals surface area contributed by atoms with Gasteiger partial charge in [-0.15, -0.1) is 0 Å². The molecular weight excluding hydrogens is 275 g/mol. The van der Waals surface area contributed by atoms with Crippen LogP contribution in [0.25, 0.3) is 0 Å². The molecular formula is C15H21O2PS. The molecule has 0 bridgehead atoms. The zero-order chi connectivity index (χ0) is 14.0. The molecule has 1 aliphatic rings. The maximum atomic E-state index is 11.2. The number of esters is 1. The van der Waals surface area contributed by atoms with Gasteiger partial charge in [-0.05, 0) is 35.5 Å². The Morgan fingerprint density at radius 2 is 1.95 bits per heavy atom. The normalized spacial score (nSPS) is 34.8. The molecule has 2 rings (SSSR count). The topological polar surface area (TPSA) is 26.3 Å². The first-order valence-corrected chi connectivity index (χ1v) is 9.80. The molecule has 19 heavy (non-hydrogen) atoms. The maximum Gasteiger partial charge on any atom is 0.302 e. The molecule has 1 aromatic rings. The molecule has 0 saturated carbocycles. The molecule has 0 N–H and O–H groups in total. The van der Waals surface area contributed by atoms with Crippen LogP contribution in [0.15, 0.2) is 30.3 Å². The van der Waals surface area contributed by atoms with E-state index in [4.69, 9.17) is 16.5 Å². The Hall–Kier alpha value is -0.660. The molecule has 0 aliphatic carbocycles. The van der Waals surface area contributed by atoms with E-state index in [1.54, 1.807) is 0 Å². The highest BCUT2D eigenvalue weighted by molar-refractivity contribution is 8.18. The Labute approximate surface area is 120 Å². The summed E-state index contributed by atoms with van der Waals surface area (Å²) in [5.74, 6) is 0.171. The van der Waals surface area contributed by atoms with Crippen LogP contribution in [0.3, 0.4) is 0 Å². The monoisotopic (exact) mass is 296 g/mol. The minimum Gasteiger partial charge on any atom is -0.462 e. The van der Waals surface area contributed by atoms with Crippen LogP contribution in [-0.2, 0) is 21.3 Å². The number of carbonyl (C=O) groups excluding carboxylic acids is 1. The average Bonchev–Trinajstić information content (AvgIpc) is 2.36. The van der Waals surface area contributed by atoms with Gasteiger partial charge in [0.25, 0.3) is 0 Å². The van der Waals surface area contributed by atoms with Crippen molar-refractivity contribution in [3.8, 4) is 0 Å². The van der Waals surface area contributed by atoms with Crippen LogP contribution < -0.4 is 5.30 Å². The number of ether oxygens (including phenoxy) is 1. The number of carbonyl (C=O) groups is 1. The molecule has 2 nitrogen and oxygen atoms in total. The van der Waals surface area contributed by atoms with E-state index in [1.807, 2.05) is 6.07 Å². The zero-order valence-electron chi connectivity index (χ0n) is 11.7. The Kier molecular flexibility index (Phi) is 4.47. The molecule has 1 aromatic carbocycles. The van der Waals surface area contributed by atoms with Crippen molar-refractivity contribution in [2.24, 2.45) is 5.92 Å². The summed E-state index contributed by atoms with van der Waals surface area (Å²) in [4.78, 5) is 11.2. The summed E-state index contributed by atoms with van der Waals surface area (Å²) in [5, 5.41) is 1.32. The summed E-state index contributed by atoms with van der Waals surface area (Å²) in [5.41, 5.74) is 0.436. The molecule has 0 unspecified atom stereocenters. The van der Waals surface area contributed by atoms with Gasteiger partial charge in [0.2, 0.25) is 0 Å². The van der Waals surface area contributed by atoms with Gasteiger partial charge in [0, 0.05) is 6.92 Å². The van der Waals surface area contributed by atoms with E-state index in [-0.39, 0.29) is 12.1 Å². The molecule has 1 fully saturated rings. The molecule has 0 aromatic heterocycles. The first-order valence-electron chi connectivity index (χ1n) is 6.75. The van der Waals surface area contributed by atoms with Crippen molar-refractivity contribution < 1.29 is 9.53 Å². The van der Waals surface area contributed by atoms with Crippen LogP contribution >= 0.6 is 6.04 Å². The predicted octanol–water partition coefficient (Wildman–Crippen LogP) is 3.15. The average molecular weight is 296 g/mol. The van der Waals surface area contributed by atoms with Gasteiger partial charge in [-0.1, -0.05) is 56.0 Å². The fraction of sp³-hybridized carbons (Fsp3) is 0.533. The lowest BCUT2D eigenvalue weighted by atomic mass is 10.0. The fourth-order valence-corrected chi connectivity index (χ4v) is 7.61. The lowest BCUT2D eigenvalue weighted by Crippen LogP contribution is -2.38. The minimum atomic E-state index is -1.55. The number of hydrogen-bond acceptors (Lipinski definition) is 3. The van der Waals surface area contributed by atoms with Crippen molar-refractivity contribution in [2.45, 2.75) is 39.0 Å². The van der Waals surface area contributed by atoms with Crippen molar-refractivity contribution in [3.05, 3.63) is 30.3 Å². The fourth-order valence-electron chi connectivity index (χ4n) is 2.88. The third kappa shape index (κ3) is 3.09. The summed E-state index contributed by atoms with van der Waals surface area (Å²) in [6.07, 6.45) is 1.92. The second-order valence-corrected chi connectivity index (χ2v) is 10.8. The molecule has 104 valence electrons. The molecule has 0 radical (unpaired) electrons. The van der Waals surface area contributed by atoms with Crippen molar-refractivity contribution in [1.29, 1.82) is 0 Å². The molecule has 0 amide bonds. The summed E-state index contributed by atoms with van der Waals surface area (Å²) in [7, 11) is 0. The summed E-state index contributed by atoms with van der Waals surface area (Å²) >= 11 is 6.06. The van der Waals surface area contributed by atoms with Gasteiger partial charge in [-0.25, -0.2) is 0 Å². The highest BCUT2D eigenvalue weighted by atomic mass is 32.4. The van der Waals surface area contributed by atoms with Crippen molar-refractivity contribution >= 4 is 29.1 Å². The van der Waals surface area contributed by atoms with E-state index in [1.165, 1.54) is 12.2 Å². The van der Waals surface area contributed by atoms with Crippen LogP contribution in [0, 0.1) is 5.92 Å². The molecule has 4 atom stereocenters. The maximum absolute atomic E-state index is 11.2.